The molecule has 0 amide bonds. The second-order valence-electron chi connectivity index (χ2n) is 20.4. The van der Waals surface area contributed by atoms with Crippen LogP contribution in [0.25, 0.3) is 0 Å². The van der Waals surface area contributed by atoms with Gasteiger partial charge in [-0.15, -0.1) is 0 Å². The first-order valence-corrected chi connectivity index (χ1v) is 23.9. The third-order valence-corrected chi connectivity index (χ3v) is 17.0. The van der Waals surface area contributed by atoms with E-state index in [4.69, 9.17) is 14.2 Å². The maximum Gasteiger partial charge on any atom is 0.201 e. The van der Waals surface area contributed by atoms with Gasteiger partial charge in [-0.25, -0.2) is 0 Å². The molecule has 1 aromatic heterocycles. The second-order valence-corrected chi connectivity index (χ2v) is 20.4. The van der Waals surface area contributed by atoms with Crippen LogP contribution in [0.3, 0.4) is 0 Å². The molecule has 336 valence electrons. The predicted molar refractivity (Wildman–Crippen MR) is 234 cm³/mol. The highest BCUT2D eigenvalue weighted by atomic mass is 16.5. The molecule has 3 aromatic rings. The molecule has 4 aliphatic carbocycles. The second kappa shape index (κ2) is 17.4. The number of hydrogen-bond donors (Lipinski definition) is 8. The van der Waals surface area contributed by atoms with E-state index in [9.17, 15) is 30.6 Å². The average molecular weight is 853 g/mol. The van der Waals surface area contributed by atoms with Crippen molar-refractivity contribution in [3.63, 3.8) is 0 Å². The molecular weight excluding hydrogens is 785 g/mol. The number of aromatic nitrogens is 1. The van der Waals surface area contributed by atoms with Gasteiger partial charge in [0.05, 0.1) is 50.3 Å². The Hall–Kier alpha value is -3.58. The van der Waals surface area contributed by atoms with Gasteiger partial charge >= 0.3 is 0 Å². The van der Waals surface area contributed by atoms with Crippen LogP contribution in [0.1, 0.15) is 148 Å². The number of benzene rings is 2. The number of aromatic amines is 1. The third-order valence-electron chi connectivity index (χ3n) is 17.0. The molecule has 2 saturated heterocycles. The molecule has 0 spiro atoms. The van der Waals surface area contributed by atoms with Gasteiger partial charge in [-0.3, -0.25) is 0 Å². The van der Waals surface area contributed by atoms with Gasteiger partial charge in [0.1, 0.15) is 5.75 Å². The number of phenolic OH excluding ortho intramolecular Hbond substituents is 1. The lowest BCUT2D eigenvalue weighted by atomic mass is 9.58. The molecule has 2 aromatic carbocycles. The number of ether oxygens (including phenoxy) is 3. The number of piperidine rings is 1. The molecule has 0 unspecified atom stereocenters. The first kappa shape index (κ1) is 42.4. The maximum atomic E-state index is 12.3. The van der Waals surface area contributed by atoms with Gasteiger partial charge in [-0.05, 0) is 166 Å². The van der Waals surface area contributed by atoms with Gasteiger partial charge in [0.25, 0.3) is 0 Å². The van der Waals surface area contributed by atoms with Crippen LogP contribution < -0.4 is 14.8 Å². The fraction of sp³-hybridized carbons (Fsp3) is 0.647. The Morgan fingerprint density at radius 3 is 2.58 bits per heavy atom. The van der Waals surface area contributed by atoms with Crippen molar-refractivity contribution in [2.45, 2.75) is 157 Å². The molecule has 8 N–H and O–H groups in total. The first-order chi connectivity index (χ1) is 30.1. The number of H-pyrrole nitrogens is 1. The van der Waals surface area contributed by atoms with Crippen molar-refractivity contribution in [2.75, 3.05) is 20.3 Å². The summed E-state index contributed by atoms with van der Waals surface area (Å²) in [7, 11) is 1.45. The number of rotatable bonds is 6. The van der Waals surface area contributed by atoms with E-state index in [0.29, 0.717) is 73.6 Å². The lowest BCUT2D eigenvalue weighted by Gasteiger charge is -2.49. The molecule has 3 saturated carbocycles. The summed E-state index contributed by atoms with van der Waals surface area (Å²) in [6.07, 6.45) is 17.4. The van der Waals surface area contributed by atoms with Crippen LogP contribution in [-0.2, 0) is 17.8 Å². The van der Waals surface area contributed by atoms with Crippen LogP contribution in [0.5, 0.6) is 23.0 Å². The third kappa shape index (κ3) is 7.87. The minimum atomic E-state index is -0.703. The fourth-order valence-corrected chi connectivity index (χ4v) is 13.8. The van der Waals surface area contributed by atoms with Crippen LogP contribution in [-0.4, -0.2) is 85.8 Å². The number of methoxy groups -OCH3 is 1. The number of aliphatic hydroxyl groups is 4. The van der Waals surface area contributed by atoms with Gasteiger partial charge in [-0.1, -0.05) is 23.8 Å². The predicted octanol–water partition coefficient (Wildman–Crippen LogP) is 7.56. The Morgan fingerprint density at radius 2 is 1.76 bits per heavy atom. The summed E-state index contributed by atoms with van der Waals surface area (Å²) >= 11 is 0. The summed E-state index contributed by atoms with van der Waals surface area (Å²) in [5.74, 6) is 1.67. The minimum absolute atomic E-state index is 0.0496. The van der Waals surface area contributed by atoms with Gasteiger partial charge in [-0.2, -0.15) is 0 Å². The van der Waals surface area contributed by atoms with Crippen molar-refractivity contribution in [3.05, 3.63) is 81.7 Å². The summed E-state index contributed by atoms with van der Waals surface area (Å²) in [6.45, 7) is 1.16. The highest BCUT2D eigenvalue weighted by Gasteiger charge is 2.49. The van der Waals surface area contributed by atoms with Gasteiger partial charge < -0.3 is 55.2 Å². The molecule has 10 rings (SSSR count). The Morgan fingerprint density at radius 1 is 0.903 bits per heavy atom. The zero-order valence-electron chi connectivity index (χ0n) is 36.3. The largest absolute Gasteiger partial charge is 0.504 e. The number of hydrogen-bond acceptors (Lipinski definition) is 10. The Bertz CT molecular complexity index is 2100. The average Bonchev–Trinajstić information content (AvgIpc) is 3.94. The van der Waals surface area contributed by atoms with Crippen molar-refractivity contribution in [3.8, 4) is 23.0 Å². The van der Waals surface area contributed by atoms with Gasteiger partial charge in [0.2, 0.25) is 5.75 Å². The van der Waals surface area contributed by atoms with E-state index in [2.05, 4.69) is 34.6 Å². The van der Waals surface area contributed by atoms with Crippen molar-refractivity contribution in [2.24, 2.45) is 29.6 Å². The van der Waals surface area contributed by atoms with Crippen LogP contribution in [0, 0.1) is 29.6 Å². The SMILES string of the molecule is COc1c(O)c(O)c(CO)c([C@@H]2C[C@H](O)[C@@H]3CC[C@@H](c4ccc5c(c4)[C@@H]4[C@@H]6C=C7CCCN[C@H]7C[C@H]6CC[C@H]4[C@@H](O)CC[C@]4(O)CC[C@H](CCO5)C4)C[C@@H]3O2)c1Cc1cc[nH]c1. The molecule has 62 heavy (non-hydrogen) atoms. The molecular formula is C51H68N2O9. The van der Waals surface area contributed by atoms with E-state index in [1.807, 2.05) is 18.5 Å². The number of aliphatic hydroxyl groups excluding tert-OH is 3. The van der Waals surface area contributed by atoms with E-state index in [1.165, 1.54) is 23.8 Å². The van der Waals surface area contributed by atoms with E-state index in [-0.39, 0.29) is 41.1 Å². The fourth-order valence-electron chi connectivity index (χ4n) is 13.8. The zero-order valence-corrected chi connectivity index (χ0v) is 36.3. The molecule has 13 atom stereocenters. The van der Waals surface area contributed by atoms with Gasteiger partial charge in [0.15, 0.2) is 11.5 Å². The van der Waals surface area contributed by atoms with Crippen LogP contribution in [0.2, 0.25) is 0 Å². The number of aromatic hydroxyl groups is 2. The Balaban J connectivity index is 0.995. The van der Waals surface area contributed by atoms with Gasteiger partial charge in [0, 0.05) is 48.3 Å². The monoisotopic (exact) mass is 852 g/mol. The molecule has 3 aliphatic heterocycles. The summed E-state index contributed by atoms with van der Waals surface area (Å²) in [4.78, 5) is 3.09. The van der Waals surface area contributed by atoms with Crippen LogP contribution in [0.4, 0.5) is 0 Å². The number of nitrogens with one attached hydrogen (secondary N) is 2. The summed E-state index contributed by atoms with van der Waals surface area (Å²) in [5, 5.41) is 72.4. The Labute approximate surface area is 365 Å². The van der Waals surface area contributed by atoms with E-state index in [0.717, 1.165) is 88.5 Å². The van der Waals surface area contributed by atoms with Crippen LogP contribution >= 0.6 is 0 Å². The van der Waals surface area contributed by atoms with E-state index in [1.54, 1.807) is 0 Å². The molecule has 7 aliphatic rings. The standard InChI is InChI=1S/C51H68N2O9/c1-60-50-38(19-29-12-17-52-26-29)47(39(27-54)48(57)49(50)58)45-24-42(56)34-7-4-31(23-44(34)62-45)30-6-9-43-37(20-30)46-35(8-5-32-22-40-33(21-36(32)46)3-2-16-53-40)41(55)11-15-51(59)14-10-28(25-51)13-18-61-43/h6,9,12,17,20-21,26,28,31-32,34-36,40-42,44-46,52-59H,2-5,7-8,10-11,13-16,18-19,22-25,27H2,1H3/t28-,31-,32-,34+,35+,36-,40+,41+,42+,44+,45+,46+,51-/m1/s1. The molecule has 11 nitrogen and oxygen atoms in total. The lowest BCUT2D eigenvalue weighted by Crippen LogP contribution is -2.46. The van der Waals surface area contributed by atoms with Crippen molar-refractivity contribution in [1.82, 2.24) is 10.3 Å². The highest BCUT2D eigenvalue weighted by molar-refractivity contribution is 5.64. The topological polar surface area (TPSA) is 177 Å². The quantitative estimate of drug-likeness (QED) is 0.0913. The number of allylic oxidation sites excluding steroid dienone is 1. The summed E-state index contributed by atoms with van der Waals surface area (Å²) < 4.78 is 19.6. The molecule has 11 heteroatoms. The summed E-state index contributed by atoms with van der Waals surface area (Å²) in [6, 6.07) is 9.23. The molecule has 0 radical (unpaired) electrons. The van der Waals surface area contributed by atoms with E-state index < -0.39 is 42.0 Å². The normalized spacial score (nSPS) is 37.1. The maximum absolute atomic E-state index is 12.3. The minimum Gasteiger partial charge on any atom is -0.504 e. The number of fused-ring (bicyclic) bond motifs is 9. The van der Waals surface area contributed by atoms with Crippen molar-refractivity contribution < 1.29 is 44.8 Å². The lowest BCUT2D eigenvalue weighted by molar-refractivity contribution is -0.154. The Kier molecular flexibility index (Phi) is 11.9. The summed E-state index contributed by atoms with van der Waals surface area (Å²) in [5.41, 5.74) is 5.56. The van der Waals surface area contributed by atoms with Crippen LogP contribution in [0.15, 0.2) is 48.3 Å². The molecule has 2 bridgehead atoms. The van der Waals surface area contributed by atoms with E-state index >= 15 is 0 Å². The molecule has 5 fully saturated rings. The highest BCUT2D eigenvalue weighted by Crippen LogP contribution is 2.56. The smallest absolute Gasteiger partial charge is 0.201 e. The first-order valence-electron chi connectivity index (χ1n) is 23.9. The van der Waals surface area contributed by atoms with Crippen molar-refractivity contribution >= 4 is 0 Å². The zero-order chi connectivity index (χ0) is 42.7. The van der Waals surface area contributed by atoms with Crippen molar-refractivity contribution in [1.29, 1.82) is 0 Å². The number of phenols is 2. The molecule has 4 heterocycles.